The molecule has 0 heterocycles. The lowest BCUT2D eigenvalue weighted by Crippen LogP contribution is -2.30. The molecule has 4 aromatic rings. The summed E-state index contributed by atoms with van der Waals surface area (Å²) in [5.41, 5.74) is 2.57. The fraction of sp³-hybridized carbons (Fsp3) is 0.107. The van der Waals surface area contributed by atoms with Crippen molar-refractivity contribution < 1.29 is 17.9 Å². The predicted octanol–water partition coefficient (Wildman–Crippen LogP) is 7.37. The normalized spacial score (nSPS) is 11.2. The summed E-state index contributed by atoms with van der Waals surface area (Å²) in [4.78, 5) is 12.5. The van der Waals surface area contributed by atoms with Gasteiger partial charge in [0.2, 0.25) is 0 Å². The smallest absolute Gasteiger partial charge is 0.264 e. The minimum absolute atomic E-state index is 0.0951. The number of hydrogen-bond acceptors (Lipinski definition) is 4. The highest BCUT2D eigenvalue weighted by molar-refractivity contribution is 7.92. The fourth-order valence-electron chi connectivity index (χ4n) is 3.54. The van der Waals surface area contributed by atoms with Gasteiger partial charge in [0.25, 0.3) is 15.9 Å². The average Bonchev–Trinajstić information content (AvgIpc) is 2.89. The molecule has 0 radical (unpaired) electrons. The highest BCUT2D eigenvalue weighted by Gasteiger charge is 2.25. The van der Waals surface area contributed by atoms with Crippen molar-refractivity contribution in [2.45, 2.75) is 18.4 Å². The first-order chi connectivity index (χ1) is 18.1. The van der Waals surface area contributed by atoms with Crippen molar-refractivity contribution in [2.24, 2.45) is 0 Å². The third-order valence-corrected chi connectivity index (χ3v) is 8.14. The molecule has 0 saturated heterocycles. The molecule has 1 amide bonds. The third-order valence-electron chi connectivity index (χ3n) is 5.55. The number of nitrogens with zero attached hydrogens (tertiary/aromatic N) is 1. The van der Waals surface area contributed by atoms with Crippen LogP contribution < -0.4 is 14.4 Å². The Bertz CT molecular complexity index is 1530. The molecule has 4 rings (SSSR count). The Morgan fingerprint density at radius 3 is 2.11 bits per heavy atom. The number of benzene rings is 4. The van der Waals surface area contributed by atoms with E-state index in [1.807, 2.05) is 6.92 Å². The first-order valence-electron chi connectivity index (χ1n) is 11.4. The summed E-state index contributed by atoms with van der Waals surface area (Å²) in [5.74, 6) is -0.0186. The number of hydrogen-bond donors (Lipinski definition) is 1. The molecular formula is C28H23Cl3N2O4S. The second-order valence-corrected chi connectivity index (χ2v) is 11.5. The summed E-state index contributed by atoms with van der Waals surface area (Å²) in [7, 11) is -3.89. The van der Waals surface area contributed by atoms with Crippen LogP contribution in [0.2, 0.25) is 15.1 Å². The maximum Gasteiger partial charge on any atom is 0.264 e. The van der Waals surface area contributed by atoms with Crippen molar-refractivity contribution in [1.29, 1.82) is 0 Å². The summed E-state index contributed by atoms with van der Waals surface area (Å²) in [6.45, 7) is 1.72. The monoisotopic (exact) mass is 588 g/mol. The molecule has 6 nitrogen and oxygen atoms in total. The SMILES string of the molecule is Cc1ccc(S(=O)(=O)N(Cc2ccc(Cl)cc2)c2ccc(OCC(=O)Nc3ccc(Cl)cc3Cl)cc2)cc1. The Labute approximate surface area is 236 Å². The van der Waals surface area contributed by atoms with Crippen LogP contribution in [-0.2, 0) is 21.4 Å². The molecule has 0 aliphatic heterocycles. The molecule has 0 aromatic heterocycles. The molecular weight excluding hydrogens is 567 g/mol. The lowest BCUT2D eigenvalue weighted by atomic mass is 10.2. The summed E-state index contributed by atoms with van der Waals surface area (Å²) < 4.78 is 34.2. The van der Waals surface area contributed by atoms with Crippen LogP contribution in [0.15, 0.2) is 95.9 Å². The standard InChI is InChI=1S/C28H23Cl3N2O4S/c1-19-2-13-25(14-3-19)38(35,36)33(17-20-4-6-21(29)7-5-20)23-9-11-24(12-10-23)37-18-28(34)32-27-15-8-22(30)16-26(27)31/h2-16H,17-18H2,1H3,(H,32,34). The minimum Gasteiger partial charge on any atom is -0.484 e. The van der Waals surface area contributed by atoms with Gasteiger partial charge in [-0.25, -0.2) is 8.42 Å². The summed E-state index contributed by atoms with van der Waals surface area (Å²) in [5, 5.41) is 3.99. The largest absolute Gasteiger partial charge is 0.484 e. The van der Waals surface area contributed by atoms with Crippen molar-refractivity contribution in [3.63, 3.8) is 0 Å². The number of aryl methyl sites for hydroxylation is 1. The maximum atomic E-state index is 13.6. The number of sulfonamides is 1. The van der Waals surface area contributed by atoms with Gasteiger partial charge in [-0.2, -0.15) is 0 Å². The second kappa shape index (κ2) is 12.1. The molecule has 0 aliphatic carbocycles. The number of rotatable bonds is 9. The van der Waals surface area contributed by atoms with Gasteiger partial charge in [0.1, 0.15) is 5.75 Å². The van der Waals surface area contributed by atoms with Crippen LogP contribution in [0.4, 0.5) is 11.4 Å². The van der Waals surface area contributed by atoms with Crippen LogP contribution in [-0.4, -0.2) is 20.9 Å². The van der Waals surface area contributed by atoms with Crippen molar-refractivity contribution in [3.8, 4) is 5.75 Å². The van der Waals surface area contributed by atoms with Gasteiger partial charge in [-0.1, -0.05) is 64.6 Å². The van der Waals surface area contributed by atoms with E-state index in [0.717, 1.165) is 11.1 Å². The van der Waals surface area contributed by atoms with Gasteiger partial charge in [-0.15, -0.1) is 0 Å². The maximum absolute atomic E-state index is 13.6. The van der Waals surface area contributed by atoms with Crippen LogP contribution >= 0.6 is 34.8 Å². The minimum atomic E-state index is -3.89. The zero-order chi connectivity index (χ0) is 27.3. The number of ether oxygens (including phenoxy) is 1. The Kier molecular flexibility index (Phi) is 8.84. The molecule has 196 valence electrons. The first kappa shape index (κ1) is 27.8. The molecule has 0 spiro atoms. The lowest BCUT2D eigenvalue weighted by molar-refractivity contribution is -0.118. The van der Waals surface area contributed by atoms with Crippen LogP contribution in [0.25, 0.3) is 0 Å². The molecule has 4 aromatic carbocycles. The van der Waals surface area contributed by atoms with Gasteiger partial charge >= 0.3 is 0 Å². The highest BCUT2D eigenvalue weighted by atomic mass is 35.5. The van der Waals surface area contributed by atoms with Crippen LogP contribution in [0.5, 0.6) is 5.75 Å². The Hall–Kier alpha value is -3.23. The number of nitrogens with one attached hydrogen (secondary N) is 1. The molecule has 0 unspecified atom stereocenters. The third kappa shape index (κ3) is 6.99. The van der Waals surface area contributed by atoms with Gasteiger partial charge in [-0.05, 0) is 79.2 Å². The van der Waals surface area contributed by atoms with Gasteiger partial charge in [0.05, 0.1) is 27.8 Å². The van der Waals surface area contributed by atoms with E-state index in [1.54, 1.807) is 84.9 Å². The number of carbonyl (C=O) groups excluding carboxylic acids is 1. The zero-order valence-electron chi connectivity index (χ0n) is 20.2. The molecule has 0 fully saturated rings. The zero-order valence-corrected chi connectivity index (χ0v) is 23.3. The number of halogens is 3. The molecule has 0 atom stereocenters. The lowest BCUT2D eigenvalue weighted by Gasteiger charge is -2.25. The number of amides is 1. The van der Waals surface area contributed by atoms with Crippen molar-refractivity contribution in [3.05, 3.63) is 117 Å². The predicted molar refractivity (Wildman–Crippen MR) is 153 cm³/mol. The molecule has 0 saturated carbocycles. The highest BCUT2D eigenvalue weighted by Crippen LogP contribution is 2.29. The van der Waals surface area contributed by atoms with Gasteiger partial charge in [-0.3, -0.25) is 9.10 Å². The Balaban J connectivity index is 1.52. The van der Waals surface area contributed by atoms with Crippen LogP contribution in [0, 0.1) is 6.92 Å². The van der Waals surface area contributed by atoms with E-state index in [-0.39, 0.29) is 18.0 Å². The number of carbonyl (C=O) groups is 1. The van der Waals surface area contributed by atoms with E-state index < -0.39 is 15.9 Å². The molecule has 1 N–H and O–H groups in total. The van der Waals surface area contributed by atoms with Crippen LogP contribution in [0.1, 0.15) is 11.1 Å². The van der Waals surface area contributed by atoms with Crippen molar-refractivity contribution in [2.75, 3.05) is 16.2 Å². The summed E-state index contributed by atoms with van der Waals surface area (Å²) in [6.07, 6.45) is 0. The molecule has 38 heavy (non-hydrogen) atoms. The fourth-order valence-corrected chi connectivity index (χ4v) is 5.58. The van der Waals surface area contributed by atoms with E-state index in [1.165, 1.54) is 10.4 Å². The van der Waals surface area contributed by atoms with E-state index >= 15 is 0 Å². The van der Waals surface area contributed by atoms with E-state index in [2.05, 4.69) is 5.32 Å². The summed E-state index contributed by atoms with van der Waals surface area (Å²) in [6, 6.07) is 24.9. The molecule has 0 bridgehead atoms. The van der Waals surface area contributed by atoms with Crippen LogP contribution in [0.3, 0.4) is 0 Å². The Morgan fingerprint density at radius 2 is 1.47 bits per heavy atom. The topological polar surface area (TPSA) is 75.7 Å². The molecule has 10 heteroatoms. The van der Waals surface area contributed by atoms with E-state index in [0.29, 0.717) is 32.2 Å². The number of anilines is 2. The van der Waals surface area contributed by atoms with Crippen molar-refractivity contribution >= 4 is 62.1 Å². The van der Waals surface area contributed by atoms with E-state index in [4.69, 9.17) is 39.5 Å². The van der Waals surface area contributed by atoms with Gasteiger partial charge in [0.15, 0.2) is 6.61 Å². The second-order valence-electron chi connectivity index (χ2n) is 8.41. The Morgan fingerprint density at radius 1 is 0.842 bits per heavy atom. The quantitative estimate of drug-likeness (QED) is 0.221. The summed E-state index contributed by atoms with van der Waals surface area (Å²) >= 11 is 18.0. The average molecular weight is 590 g/mol. The van der Waals surface area contributed by atoms with Crippen molar-refractivity contribution in [1.82, 2.24) is 0 Å². The van der Waals surface area contributed by atoms with E-state index in [9.17, 15) is 13.2 Å². The van der Waals surface area contributed by atoms with Gasteiger partial charge < -0.3 is 10.1 Å². The van der Waals surface area contributed by atoms with Gasteiger partial charge in [0, 0.05) is 10.0 Å². The molecule has 0 aliphatic rings. The first-order valence-corrected chi connectivity index (χ1v) is 14.0.